The van der Waals surface area contributed by atoms with Gasteiger partial charge in [0.25, 0.3) is 0 Å². The van der Waals surface area contributed by atoms with Crippen LogP contribution < -0.4 is 5.73 Å². The Kier molecular flexibility index (Phi) is 4.66. The molecular formula is C12H22N2O. The van der Waals surface area contributed by atoms with Gasteiger partial charge in [-0.3, -0.25) is 0 Å². The Morgan fingerprint density at radius 1 is 1.20 bits per heavy atom. The minimum atomic E-state index is 0.500. The number of aromatic nitrogens is 1. The molecule has 1 aromatic rings. The van der Waals surface area contributed by atoms with Gasteiger partial charge in [-0.1, -0.05) is 38.8 Å². The first kappa shape index (κ1) is 12.1. The van der Waals surface area contributed by atoms with Crippen molar-refractivity contribution in [1.29, 1.82) is 0 Å². The summed E-state index contributed by atoms with van der Waals surface area (Å²) in [7, 11) is 0. The van der Waals surface area contributed by atoms with Crippen LogP contribution >= 0.6 is 0 Å². The molecule has 0 spiro atoms. The molecule has 0 aliphatic heterocycles. The van der Waals surface area contributed by atoms with Crippen molar-refractivity contribution >= 4 is 5.82 Å². The van der Waals surface area contributed by atoms with Crippen LogP contribution in [0.5, 0.6) is 0 Å². The molecule has 86 valence electrons. The standard InChI is InChI=1S/C12H22N2O/c1-4-7-9(8-5-2)11-10(6-3)12(13)14-15-11/h9H,4-8H2,1-3H3,(H2,13,14). The van der Waals surface area contributed by atoms with E-state index in [0.29, 0.717) is 11.7 Å². The molecule has 1 rings (SSSR count). The summed E-state index contributed by atoms with van der Waals surface area (Å²) in [5.41, 5.74) is 6.89. The lowest BCUT2D eigenvalue weighted by Gasteiger charge is -2.12. The molecule has 0 radical (unpaired) electrons. The molecule has 0 atom stereocenters. The Morgan fingerprint density at radius 2 is 1.80 bits per heavy atom. The lowest BCUT2D eigenvalue weighted by atomic mass is 9.92. The van der Waals surface area contributed by atoms with Gasteiger partial charge in [0.15, 0.2) is 5.82 Å². The zero-order valence-corrected chi connectivity index (χ0v) is 10.0. The molecule has 15 heavy (non-hydrogen) atoms. The van der Waals surface area contributed by atoms with E-state index in [1.54, 1.807) is 0 Å². The molecule has 0 aromatic carbocycles. The van der Waals surface area contributed by atoms with Gasteiger partial charge in [0, 0.05) is 11.5 Å². The molecule has 2 N–H and O–H groups in total. The van der Waals surface area contributed by atoms with E-state index in [1.807, 2.05) is 0 Å². The maximum atomic E-state index is 5.78. The Hall–Kier alpha value is -0.990. The summed E-state index contributed by atoms with van der Waals surface area (Å²) < 4.78 is 5.38. The van der Waals surface area contributed by atoms with Crippen molar-refractivity contribution in [3.05, 3.63) is 11.3 Å². The van der Waals surface area contributed by atoms with E-state index in [4.69, 9.17) is 10.3 Å². The van der Waals surface area contributed by atoms with E-state index >= 15 is 0 Å². The van der Waals surface area contributed by atoms with E-state index in [0.717, 1.165) is 30.6 Å². The normalized spacial score (nSPS) is 11.2. The highest BCUT2D eigenvalue weighted by Gasteiger charge is 2.20. The SMILES string of the molecule is CCCC(CCC)c1onc(N)c1CC. The average molecular weight is 210 g/mol. The second-order valence-corrected chi connectivity index (χ2v) is 4.04. The van der Waals surface area contributed by atoms with Crippen LogP contribution in [0.1, 0.15) is 63.7 Å². The summed E-state index contributed by atoms with van der Waals surface area (Å²) in [6.45, 7) is 6.50. The predicted molar refractivity (Wildman–Crippen MR) is 62.9 cm³/mol. The molecule has 0 fully saturated rings. The van der Waals surface area contributed by atoms with Crippen molar-refractivity contribution in [2.24, 2.45) is 0 Å². The zero-order chi connectivity index (χ0) is 11.3. The van der Waals surface area contributed by atoms with Gasteiger partial charge in [-0.25, -0.2) is 0 Å². The summed E-state index contributed by atoms with van der Waals surface area (Å²) in [5, 5.41) is 3.88. The van der Waals surface area contributed by atoms with Crippen molar-refractivity contribution in [3.8, 4) is 0 Å². The van der Waals surface area contributed by atoms with Gasteiger partial charge in [-0.15, -0.1) is 0 Å². The maximum absolute atomic E-state index is 5.78. The Bertz CT molecular complexity index is 288. The van der Waals surface area contributed by atoms with E-state index in [9.17, 15) is 0 Å². The highest BCUT2D eigenvalue weighted by atomic mass is 16.5. The second-order valence-electron chi connectivity index (χ2n) is 4.04. The van der Waals surface area contributed by atoms with E-state index < -0.39 is 0 Å². The molecule has 0 saturated heterocycles. The number of nitrogens with zero attached hydrogens (tertiary/aromatic N) is 1. The minimum Gasteiger partial charge on any atom is -0.381 e. The molecule has 3 heteroatoms. The van der Waals surface area contributed by atoms with Crippen LogP contribution in [0.25, 0.3) is 0 Å². The summed E-state index contributed by atoms with van der Waals surface area (Å²) >= 11 is 0. The van der Waals surface area contributed by atoms with Crippen LogP contribution in [0.4, 0.5) is 5.82 Å². The van der Waals surface area contributed by atoms with Crippen LogP contribution in [0.3, 0.4) is 0 Å². The van der Waals surface area contributed by atoms with Crippen LogP contribution in [0.2, 0.25) is 0 Å². The molecular weight excluding hydrogens is 188 g/mol. The third-order valence-electron chi connectivity index (χ3n) is 2.85. The van der Waals surface area contributed by atoms with Crippen molar-refractivity contribution in [2.75, 3.05) is 5.73 Å². The van der Waals surface area contributed by atoms with Crippen LogP contribution in [-0.2, 0) is 6.42 Å². The fourth-order valence-corrected chi connectivity index (χ4v) is 2.11. The highest BCUT2D eigenvalue weighted by molar-refractivity contribution is 5.41. The molecule has 0 amide bonds. The fraction of sp³-hybridized carbons (Fsp3) is 0.750. The fourth-order valence-electron chi connectivity index (χ4n) is 2.11. The molecule has 0 bridgehead atoms. The van der Waals surface area contributed by atoms with Gasteiger partial charge in [-0.2, -0.15) is 0 Å². The lowest BCUT2D eigenvalue weighted by molar-refractivity contribution is 0.343. The number of nitrogen functional groups attached to an aromatic ring is 1. The van der Waals surface area contributed by atoms with Crippen molar-refractivity contribution in [2.45, 2.75) is 58.8 Å². The summed E-state index contributed by atoms with van der Waals surface area (Å²) in [4.78, 5) is 0. The topological polar surface area (TPSA) is 52.0 Å². The van der Waals surface area contributed by atoms with Crippen molar-refractivity contribution in [3.63, 3.8) is 0 Å². The largest absolute Gasteiger partial charge is 0.381 e. The number of rotatable bonds is 6. The van der Waals surface area contributed by atoms with Gasteiger partial charge < -0.3 is 10.3 Å². The first-order valence-electron chi connectivity index (χ1n) is 5.98. The monoisotopic (exact) mass is 210 g/mol. The van der Waals surface area contributed by atoms with Gasteiger partial charge >= 0.3 is 0 Å². The molecule has 0 unspecified atom stereocenters. The third kappa shape index (κ3) is 2.74. The van der Waals surface area contributed by atoms with Gasteiger partial charge in [-0.05, 0) is 19.3 Å². The highest BCUT2D eigenvalue weighted by Crippen LogP contribution is 2.31. The van der Waals surface area contributed by atoms with Crippen molar-refractivity contribution in [1.82, 2.24) is 5.16 Å². The first-order chi connectivity index (χ1) is 7.24. The Labute approximate surface area is 92.0 Å². The number of nitrogens with two attached hydrogens (primary N) is 1. The molecule has 1 aromatic heterocycles. The second kappa shape index (κ2) is 5.79. The molecule has 3 nitrogen and oxygen atoms in total. The molecule has 0 saturated carbocycles. The van der Waals surface area contributed by atoms with Crippen LogP contribution in [0, 0.1) is 0 Å². The summed E-state index contributed by atoms with van der Waals surface area (Å²) in [6.07, 6.45) is 5.59. The maximum Gasteiger partial charge on any atom is 0.170 e. The van der Waals surface area contributed by atoms with E-state index in [2.05, 4.69) is 25.9 Å². The first-order valence-corrected chi connectivity index (χ1v) is 5.98. The van der Waals surface area contributed by atoms with Crippen LogP contribution in [0.15, 0.2) is 4.52 Å². The number of anilines is 1. The van der Waals surface area contributed by atoms with Crippen molar-refractivity contribution < 1.29 is 4.52 Å². The Morgan fingerprint density at radius 3 is 2.27 bits per heavy atom. The van der Waals surface area contributed by atoms with Crippen LogP contribution in [-0.4, -0.2) is 5.16 Å². The lowest BCUT2D eigenvalue weighted by Crippen LogP contribution is -2.01. The number of hydrogen-bond acceptors (Lipinski definition) is 3. The Balaban J connectivity index is 2.88. The molecule has 0 aliphatic rings. The number of hydrogen-bond donors (Lipinski definition) is 1. The average Bonchev–Trinajstić information content (AvgIpc) is 2.59. The smallest absolute Gasteiger partial charge is 0.170 e. The minimum absolute atomic E-state index is 0.500. The quantitative estimate of drug-likeness (QED) is 0.781. The summed E-state index contributed by atoms with van der Waals surface area (Å²) in [6, 6.07) is 0. The van der Waals surface area contributed by atoms with Gasteiger partial charge in [0.05, 0.1) is 0 Å². The predicted octanol–water partition coefficient (Wildman–Crippen LogP) is 3.50. The molecule has 1 heterocycles. The van der Waals surface area contributed by atoms with Gasteiger partial charge in [0.2, 0.25) is 0 Å². The zero-order valence-electron chi connectivity index (χ0n) is 10.0. The van der Waals surface area contributed by atoms with Gasteiger partial charge in [0.1, 0.15) is 5.76 Å². The molecule has 0 aliphatic carbocycles. The van der Waals surface area contributed by atoms with E-state index in [1.165, 1.54) is 12.8 Å². The summed E-state index contributed by atoms with van der Waals surface area (Å²) in [5.74, 6) is 2.10. The van der Waals surface area contributed by atoms with E-state index in [-0.39, 0.29) is 0 Å². The third-order valence-corrected chi connectivity index (χ3v) is 2.85.